The normalized spacial score (nSPS) is 11.8. The quantitative estimate of drug-likeness (QED) is 0.0755. The standard InChI is InChI=1S/C20H10Br4N4O4S/c1-7(9-6-8-4-2-3-5-10(8)32-19(9)31)25-26-20(33)28-18(30)12-11(17(29)27-28)13(21)15(23)16(24)14(12)22/h2-6H,1H3,(H,26,33)(H,27,29)/b25-7+. The van der Waals surface area contributed by atoms with Gasteiger partial charge in [-0.1, -0.05) is 18.2 Å². The van der Waals surface area contributed by atoms with Crippen LogP contribution in [0.4, 0.5) is 0 Å². The third-order valence-electron chi connectivity index (χ3n) is 4.68. The molecule has 0 aliphatic rings. The molecule has 2 aromatic carbocycles. The van der Waals surface area contributed by atoms with Crippen LogP contribution in [0.2, 0.25) is 0 Å². The van der Waals surface area contributed by atoms with Gasteiger partial charge < -0.3 is 4.42 Å². The number of nitrogens with zero attached hydrogens (tertiary/aromatic N) is 2. The van der Waals surface area contributed by atoms with Crippen LogP contribution in [0.15, 0.2) is 72.1 Å². The number of hydrogen-bond donors (Lipinski definition) is 2. The van der Waals surface area contributed by atoms with E-state index in [1.807, 2.05) is 6.07 Å². The Hall–Kier alpha value is -1.93. The molecular formula is C20H10Br4N4O4S. The van der Waals surface area contributed by atoms with E-state index in [1.54, 1.807) is 31.2 Å². The second kappa shape index (κ2) is 9.37. The summed E-state index contributed by atoms with van der Waals surface area (Å²) < 4.78 is 8.10. The summed E-state index contributed by atoms with van der Waals surface area (Å²) in [6, 6.07) is 8.73. The van der Waals surface area contributed by atoms with Gasteiger partial charge in [0.25, 0.3) is 11.1 Å². The van der Waals surface area contributed by atoms with Crippen LogP contribution in [-0.2, 0) is 0 Å². The van der Waals surface area contributed by atoms with Gasteiger partial charge in [0.05, 0.1) is 22.0 Å². The van der Waals surface area contributed by atoms with Crippen LogP contribution in [0.1, 0.15) is 12.5 Å². The van der Waals surface area contributed by atoms with Crippen molar-refractivity contribution < 1.29 is 4.42 Å². The fourth-order valence-corrected chi connectivity index (χ4v) is 5.71. The molecule has 4 rings (SSSR count). The molecule has 33 heavy (non-hydrogen) atoms. The average Bonchev–Trinajstić information content (AvgIpc) is 2.80. The maximum atomic E-state index is 13.1. The third-order valence-corrected chi connectivity index (χ3v) is 9.72. The zero-order valence-corrected chi connectivity index (χ0v) is 23.5. The number of benzene rings is 2. The molecule has 0 aliphatic carbocycles. The summed E-state index contributed by atoms with van der Waals surface area (Å²) in [5.74, 6) is 0. The zero-order chi connectivity index (χ0) is 24.0. The van der Waals surface area contributed by atoms with E-state index >= 15 is 0 Å². The Kier molecular flexibility index (Phi) is 6.87. The van der Waals surface area contributed by atoms with Gasteiger partial charge in [0.2, 0.25) is 5.11 Å². The molecule has 0 unspecified atom stereocenters. The van der Waals surface area contributed by atoms with Crippen LogP contribution < -0.4 is 22.2 Å². The second-order valence-corrected chi connectivity index (χ2v) is 10.2. The van der Waals surface area contributed by atoms with E-state index in [9.17, 15) is 14.4 Å². The number of halogens is 4. The maximum Gasteiger partial charge on any atom is 0.345 e. The van der Waals surface area contributed by atoms with E-state index in [0.29, 0.717) is 23.5 Å². The first-order valence-corrected chi connectivity index (χ1v) is 12.6. The van der Waals surface area contributed by atoms with Crippen molar-refractivity contribution in [2.24, 2.45) is 5.10 Å². The lowest BCUT2D eigenvalue weighted by molar-refractivity contribution is 0.559. The van der Waals surface area contributed by atoms with Crippen LogP contribution in [-0.4, -0.2) is 20.6 Å². The Morgan fingerprint density at radius 3 is 2.36 bits per heavy atom. The Labute approximate surface area is 223 Å². The summed E-state index contributed by atoms with van der Waals surface area (Å²) >= 11 is 18.7. The van der Waals surface area contributed by atoms with Crippen molar-refractivity contribution in [3.05, 3.63) is 84.9 Å². The molecule has 0 saturated carbocycles. The second-order valence-electron chi connectivity index (χ2n) is 6.69. The van der Waals surface area contributed by atoms with E-state index in [4.69, 9.17) is 16.6 Å². The molecule has 2 N–H and O–H groups in total. The van der Waals surface area contributed by atoms with E-state index in [2.05, 4.69) is 79.3 Å². The molecule has 0 amide bonds. The van der Waals surface area contributed by atoms with E-state index in [0.717, 1.165) is 10.1 Å². The van der Waals surface area contributed by atoms with Gasteiger partial charge in [-0.3, -0.25) is 20.1 Å². The van der Waals surface area contributed by atoms with Crippen molar-refractivity contribution in [1.82, 2.24) is 15.2 Å². The fraction of sp³-hybridized carbons (Fsp3) is 0.0500. The third kappa shape index (κ3) is 4.32. The van der Waals surface area contributed by atoms with Gasteiger partial charge in [-0.25, -0.2) is 4.79 Å². The van der Waals surface area contributed by atoms with Crippen molar-refractivity contribution in [2.45, 2.75) is 6.92 Å². The van der Waals surface area contributed by atoms with Gasteiger partial charge in [-0.2, -0.15) is 9.78 Å². The maximum absolute atomic E-state index is 13.1. The molecule has 0 atom stereocenters. The molecule has 0 fully saturated rings. The molecule has 168 valence electrons. The average molecular weight is 722 g/mol. The number of aromatic amines is 1. The van der Waals surface area contributed by atoms with Crippen molar-refractivity contribution in [3.8, 4) is 0 Å². The molecule has 0 aliphatic heterocycles. The number of hydrazone groups is 1. The van der Waals surface area contributed by atoms with Crippen LogP contribution >= 0.6 is 75.9 Å². The number of hydrogen-bond acceptors (Lipinski definition) is 6. The summed E-state index contributed by atoms with van der Waals surface area (Å²) in [5, 5.41) is 7.35. The number of H-pyrrole nitrogens is 1. The molecule has 0 bridgehead atoms. The van der Waals surface area contributed by atoms with Crippen molar-refractivity contribution in [1.29, 1.82) is 0 Å². The van der Waals surface area contributed by atoms with Crippen molar-refractivity contribution in [2.75, 3.05) is 0 Å². The lowest BCUT2D eigenvalue weighted by Crippen LogP contribution is -2.39. The molecule has 4 aromatic rings. The SMILES string of the molecule is C/C(=N\NC(=S)n1[nH]c(=O)c2c(Br)c(Br)c(Br)c(Br)c2c1=O)c1cc2ccccc2oc1=O. The predicted molar refractivity (Wildman–Crippen MR) is 145 cm³/mol. The minimum Gasteiger partial charge on any atom is -0.422 e. The molecule has 0 saturated heterocycles. The Morgan fingerprint density at radius 2 is 1.67 bits per heavy atom. The van der Waals surface area contributed by atoms with E-state index in [1.165, 1.54) is 0 Å². The first-order valence-electron chi connectivity index (χ1n) is 9.00. The molecule has 2 heterocycles. The number of fused-ring (bicyclic) bond motifs is 2. The summed E-state index contributed by atoms with van der Waals surface area (Å²) in [4.78, 5) is 38.2. The topological polar surface area (TPSA) is 109 Å². The van der Waals surface area contributed by atoms with Crippen LogP contribution in [0.3, 0.4) is 0 Å². The summed E-state index contributed by atoms with van der Waals surface area (Å²) in [7, 11) is 0. The van der Waals surface area contributed by atoms with Crippen LogP contribution in [0.25, 0.3) is 21.7 Å². The number of rotatable bonds is 2. The highest BCUT2D eigenvalue weighted by Crippen LogP contribution is 2.41. The highest BCUT2D eigenvalue weighted by molar-refractivity contribution is 9.15. The smallest absolute Gasteiger partial charge is 0.345 e. The minimum atomic E-state index is -0.582. The Bertz CT molecular complexity index is 1690. The summed E-state index contributed by atoms with van der Waals surface area (Å²) in [6.45, 7) is 1.59. The molecule has 13 heteroatoms. The summed E-state index contributed by atoms with van der Waals surface area (Å²) in [6.07, 6.45) is 0. The summed E-state index contributed by atoms with van der Waals surface area (Å²) in [5.41, 5.74) is 1.81. The number of nitrogens with one attached hydrogen (secondary N) is 2. The molecule has 2 aromatic heterocycles. The highest BCUT2D eigenvalue weighted by Gasteiger charge is 2.21. The number of para-hydroxylation sites is 1. The molecular weight excluding hydrogens is 712 g/mol. The predicted octanol–water partition coefficient (Wildman–Crippen LogP) is 4.99. The Morgan fingerprint density at radius 1 is 1.03 bits per heavy atom. The van der Waals surface area contributed by atoms with Gasteiger partial charge in [0.1, 0.15) is 5.58 Å². The molecule has 0 radical (unpaired) electrons. The van der Waals surface area contributed by atoms with Gasteiger partial charge in [0, 0.05) is 23.3 Å². The highest BCUT2D eigenvalue weighted by atomic mass is 79.9. The van der Waals surface area contributed by atoms with Gasteiger partial charge in [0.15, 0.2) is 0 Å². The van der Waals surface area contributed by atoms with Crippen LogP contribution in [0.5, 0.6) is 0 Å². The van der Waals surface area contributed by atoms with E-state index in [-0.39, 0.29) is 27.2 Å². The van der Waals surface area contributed by atoms with Gasteiger partial charge in [-0.15, -0.1) is 0 Å². The largest absolute Gasteiger partial charge is 0.422 e. The lowest BCUT2D eigenvalue weighted by Gasteiger charge is -2.12. The van der Waals surface area contributed by atoms with Crippen LogP contribution in [0, 0.1) is 0 Å². The van der Waals surface area contributed by atoms with E-state index < -0.39 is 16.7 Å². The monoisotopic (exact) mass is 718 g/mol. The molecule has 8 nitrogen and oxygen atoms in total. The number of thiocarbonyl (C=S) groups is 1. The lowest BCUT2D eigenvalue weighted by atomic mass is 10.1. The van der Waals surface area contributed by atoms with Crippen molar-refractivity contribution in [3.63, 3.8) is 0 Å². The molecule has 0 spiro atoms. The fourth-order valence-electron chi connectivity index (χ4n) is 3.06. The minimum absolute atomic E-state index is 0.112. The zero-order valence-electron chi connectivity index (χ0n) is 16.3. The van der Waals surface area contributed by atoms with Gasteiger partial charge in [-0.05, 0) is 95.0 Å². The number of aromatic nitrogens is 2. The van der Waals surface area contributed by atoms with Gasteiger partial charge >= 0.3 is 5.63 Å². The van der Waals surface area contributed by atoms with Crippen molar-refractivity contribution >= 4 is 109 Å². The Balaban J connectivity index is 1.76. The first-order chi connectivity index (χ1) is 15.6. The first kappa shape index (κ1) is 24.2.